The summed E-state index contributed by atoms with van der Waals surface area (Å²) < 4.78 is 14.0. The first kappa shape index (κ1) is 11.1. The summed E-state index contributed by atoms with van der Waals surface area (Å²) in [7, 11) is 0. The first-order valence-electron chi connectivity index (χ1n) is 5.43. The molecule has 1 aromatic rings. The summed E-state index contributed by atoms with van der Waals surface area (Å²) in [6.45, 7) is 1.04. The Hall–Kier alpha value is -0.410. The Balaban J connectivity index is 1.78. The lowest BCUT2D eigenvalue weighted by Gasteiger charge is -2.05. The molecule has 1 aliphatic rings. The van der Waals surface area contributed by atoms with E-state index in [2.05, 4.69) is 21.2 Å². The summed E-state index contributed by atoms with van der Waals surface area (Å²) in [5.74, 6) is -0.150. The second-order valence-electron chi connectivity index (χ2n) is 4.07. The highest BCUT2D eigenvalue weighted by Gasteiger charge is 2.19. The van der Waals surface area contributed by atoms with Crippen molar-refractivity contribution in [3.63, 3.8) is 0 Å². The van der Waals surface area contributed by atoms with Crippen molar-refractivity contribution in [3.8, 4) is 0 Å². The van der Waals surface area contributed by atoms with Gasteiger partial charge in [-0.1, -0.05) is 15.9 Å². The first-order chi connectivity index (χ1) is 7.25. The maximum Gasteiger partial charge on any atom is 0.123 e. The third kappa shape index (κ3) is 3.58. The van der Waals surface area contributed by atoms with Gasteiger partial charge in [0.15, 0.2) is 0 Å². The molecule has 0 saturated heterocycles. The summed E-state index contributed by atoms with van der Waals surface area (Å²) in [5, 5.41) is 3.45. The monoisotopic (exact) mass is 271 g/mol. The van der Waals surface area contributed by atoms with Gasteiger partial charge >= 0.3 is 0 Å². The predicted molar refractivity (Wildman–Crippen MR) is 63.4 cm³/mol. The summed E-state index contributed by atoms with van der Waals surface area (Å²) in [5.41, 5.74) is 1.06. The van der Waals surface area contributed by atoms with Crippen LogP contribution < -0.4 is 5.32 Å². The molecule has 0 radical (unpaired) electrons. The van der Waals surface area contributed by atoms with Crippen molar-refractivity contribution in [2.45, 2.75) is 31.7 Å². The molecule has 0 atom stereocenters. The Morgan fingerprint density at radius 2 is 2.20 bits per heavy atom. The third-order valence-electron chi connectivity index (χ3n) is 2.64. The minimum Gasteiger partial charge on any atom is -0.314 e. The van der Waals surface area contributed by atoms with Crippen molar-refractivity contribution < 1.29 is 4.39 Å². The molecule has 3 heteroatoms. The molecule has 0 amide bonds. The minimum absolute atomic E-state index is 0.150. The van der Waals surface area contributed by atoms with Gasteiger partial charge in [-0.2, -0.15) is 0 Å². The fourth-order valence-corrected chi connectivity index (χ4v) is 2.05. The van der Waals surface area contributed by atoms with Gasteiger partial charge in [0.25, 0.3) is 0 Å². The number of aryl methyl sites for hydroxylation is 1. The molecule has 0 unspecified atom stereocenters. The number of benzene rings is 1. The molecule has 0 heterocycles. The second-order valence-corrected chi connectivity index (χ2v) is 4.92. The topological polar surface area (TPSA) is 12.0 Å². The highest BCUT2D eigenvalue weighted by atomic mass is 79.9. The van der Waals surface area contributed by atoms with Crippen LogP contribution in [0.3, 0.4) is 0 Å². The molecule has 1 saturated carbocycles. The van der Waals surface area contributed by atoms with Crippen molar-refractivity contribution in [2.75, 3.05) is 6.54 Å². The van der Waals surface area contributed by atoms with Crippen molar-refractivity contribution in [1.82, 2.24) is 5.32 Å². The lowest BCUT2D eigenvalue weighted by atomic mass is 10.1. The average molecular weight is 272 g/mol. The van der Waals surface area contributed by atoms with Gasteiger partial charge in [-0.05, 0) is 56.0 Å². The molecule has 2 rings (SSSR count). The van der Waals surface area contributed by atoms with Crippen molar-refractivity contribution in [1.29, 1.82) is 0 Å². The lowest BCUT2D eigenvalue weighted by molar-refractivity contribution is 0.618. The minimum atomic E-state index is -0.150. The molecular formula is C12H15BrFN. The van der Waals surface area contributed by atoms with E-state index in [1.54, 1.807) is 12.1 Å². The van der Waals surface area contributed by atoms with Gasteiger partial charge in [-0.3, -0.25) is 0 Å². The van der Waals surface area contributed by atoms with Crippen molar-refractivity contribution in [3.05, 3.63) is 34.1 Å². The zero-order chi connectivity index (χ0) is 10.7. The van der Waals surface area contributed by atoms with Gasteiger partial charge in [0, 0.05) is 10.5 Å². The molecule has 1 aromatic carbocycles. The van der Waals surface area contributed by atoms with E-state index in [4.69, 9.17) is 0 Å². The Kier molecular flexibility index (Phi) is 3.76. The number of hydrogen-bond donors (Lipinski definition) is 1. The van der Waals surface area contributed by atoms with Gasteiger partial charge in [0.2, 0.25) is 0 Å². The summed E-state index contributed by atoms with van der Waals surface area (Å²) >= 11 is 3.44. The third-order valence-corrected chi connectivity index (χ3v) is 3.41. The molecule has 1 nitrogen and oxygen atoms in total. The van der Waals surface area contributed by atoms with Crippen LogP contribution in [-0.4, -0.2) is 12.6 Å². The Bertz CT molecular complexity index is 336. The maximum atomic E-state index is 13.0. The lowest BCUT2D eigenvalue weighted by Crippen LogP contribution is -2.17. The van der Waals surface area contributed by atoms with Crippen LogP contribution in [0.5, 0.6) is 0 Å². The Morgan fingerprint density at radius 3 is 2.93 bits per heavy atom. The van der Waals surface area contributed by atoms with Crippen LogP contribution >= 0.6 is 15.9 Å². The van der Waals surface area contributed by atoms with E-state index in [0.717, 1.165) is 35.5 Å². The first-order valence-corrected chi connectivity index (χ1v) is 6.22. The molecule has 1 fully saturated rings. The van der Waals surface area contributed by atoms with Crippen LogP contribution in [0.25, 0.3) is 0 Å². The van der Waals surface area contributed by atoms with Crippen molar-refractivity contribution >= 4 is 15.9 Å². The van der Waals surface area contributed by atoms with Gasteiger partial charge in [0.1, 0.15) is 5.82 Å². The van der Waals surface area contributed by atoms with Crippen LogP contribution in [-0.2, 0) is 6.42 Å². The molecule has 0 spiro atoms. The predicted octanol–water partition coefficient (Wildman–Crippen LogP) is 3.27. The molecule has 0 aromatic heterocycles. The summed E-state index contributed by atoms with van der Waals surface area (Å²) in [6.07, 6.45) is 4.64. The van der Waals surface area contributed by atoms with E-state index in [0.29, 0.717) is 0 Å². The van der Waals surface area contributed by atoms with Crippen LogP contribution in [0, 0.1) is 5.82 Å². The van der Waals surface area contributed by atoms with Crippen LogP contribution in [0.15, 0.2) is 22.7 Å². The van der Waals surface area contributed by atoms with Crippen LogP contribution in [0.2, 0.25) is 0 Å². The Labute approximate surface area is 98.2 Å². The fourth-order valence-electron chi connectivity index (χ4n) is 1.61. The fraction of sp³-hybridized carbons (Fsp3) is 0.500. The Morgan fingerprint density at radius 1 is 1.40 bits per heavy atom. The molecule has 82 valence electrons. The van der Waals surface area contributed by atoms with E-state index in [1.807, 2.05) is 0 Å². The number of rotatable bonds is 5. The number of nitrogens with one attached hydrogen (secondary N) is 1. The van der Waals surface area contributed by atoms with Gasteiger partial charge in [-0.25, -0.2) is 4.39 Å². The average Bonchev–Trinajstić information content (AvgIpc) is 3.01. The van der Waals surface area contributed by atoms with E-state index in [-0.39, 0.29) is 5.82 Å². The molecule has 15 heavy (non-hydrogen) atoms. The van der Waals surface area contributed by atoms with Gasteiger partial charge in [0.05, 0.1) is 0 Å². The quantitative estimate of drug-likeness (QED) is 0.811. The highest BCUT2D eigenvalue weighted by Crippen LogP contribution is 2.20. The zero-order valence-electron chi connectivity index (χ0n) is 8.60. The molecule has 0 aliphatic heterocycles. The van der Waals surface area contributed by atoms with Gasteiger partial charge in [-0.15, -0.1) is 0 Å². The number of hydrogen-bond acceptors (Lipinski definition) is 1. The molecule has 0 bridgehead atoms. The molecular weight excluding hydrogens is 257 g/mol. The summed E-state index contributed by atoms with van der Waals surface area (Å²) in [6, 6.07) is 5.64. The normalized spacial score (nSPS) is 15.6. The number of halogens is 2. The van der Waals surface area contributed by atoms with E-state index in [1.165, 1.54) is 18.9 Å². The van der Waals surface area contributed by atoms with E-state index in [9.17, 15) is 4.39 Å². The largest absolute Gasteiger partial charge is 0.314 e. The van der Waals surface area contributed by atoms with Crippen LogP contribution in [0.1, 0.15) is 24.8 Å². The SMILES string of the molecule is Fc1ccc(Br)c(CCCNC2CC2)c1. The van der Waals surface area contributed by atoms with Crippen molar-refractivity contribution in [2.24, 2.45) is 0 Å². The smallest absolute Gasteiger partial charge is 0.123 e. The maximum absolute atomic E-state index is 13.0. The molecule has 1 N–H and O–H groups in total. The summed E-state index contributed by atoms with van der Waals surface area (Å²) in [4.78, 5) is 0. The van der Waals surface area contributed by atoms with Gasteiger partial charge < -0.3 is 5.32 Å². The second kappa shape index (κ2) is 5.08. The van der Waals surface area contributed by atoms with Crippen LogP contribution in [0.4, 0.5) is 4.39 Å². The zero-order valence-corrected chi connectivity index (χ0v) is 10.2. The van der Waals surface area contributed by atoms with E-state index < -0.39 is 0 Å². The highest BCUT2D eigenvalue weighted by molar-refractivity contribution is 9.10. The molecule has 1 aliphatic carbocycles. The van der Waals surface area contributed by atoms with E-state index >= 15 is 0 Å². The standard InChI is InChI=1S/C12H15BrFN/c13-12-6-3-10(14)8-9(12)2-1-7-15-11-4-5-11/h3,6,8,11,15H,1-2,4-5,7H2.